The SMILES string of the molecule is COC(CNCc1sc2c(c1C)c(=O)n(C1CC1)c(=O)n2CC1CC(C)(F)C1)OC. The zero-order chi connectivity index (χ0) is 21.6. The number of hydrogen-bond donors (Lipinski definition) is 1. The number of methoxy groups -OCH3 is 2. The van der Waals surface area contributed by atoms with Gasteiger partial charge in [0.2, 0.25) is 0 Å². The smallest absolute Gasteiger partial charge is 0.332 e. The molecular formula is C21H30FN3O4S. The summed E-state index contributed by atoms with van der Waals surface area (Å²) in [4.78, 5) is 28.1. The molecule has 0 amide bonds. The molecule has 0 atom stereocenters. The molecule has 2 aliphatic carbocycles. The van der Waals surface area contributed by atoms with Crippen molar-refractivity contribution in [3.05, 3.63) is 31.3 Å². The molecule has 0 unspecified atom stereocenters. The molecule has 0 saturated heterocycles. The van der Waals surface area contributed by atoms with Gasteiger partial charge in [0.15, 0.2) is 6.29 Å². The van der Waals surface area contributed by atoms with E-state index in [1.165, 1.54) is 15.9 Å². The summed E-state index contributed by atoms with van der Waals surface area (Å²) in [7, 11) is 3.17. The predicted octanol–water partition coefficient (Wildman–Crippen LogP) is 2.71. The minimum absolute atomic E-state index is 0.00137. The van der Waals surface area contributed by atoms with Crippen LogP contribution in [-0.4, -0.2) is 41.9 Å². The van der Waals surface area contributed by atoms with E-state index < -0.39 is 5.67 Å². The molecule has 2 fully saturated rings. The molecule has 4 rings (SSSR count). The number of ether oxygens (including phenoxy) is 2. The van der Waals surface area contributed by atoms with Crippen molar-refractivity contribution in [3.63, 3.8) is 0 Å². The average molecular weight is 440 g/mol. The van der Waals surface area contributed by atoms with Crippen LogP contribution in [0.3, 0.4) is 0 Å². The van der Waals surface area contributed by atoms with E-state index in [0.29, 0.717) is 42.7 Å². The number of aryl methyl sites for hydroxylation is 1. The Balaban J connectivity index is 1.70. The lowest BCUT2D eigenvalue weighted by Gasteiger charge is -2.39. The van der Waals surface area contributed by atoms with Crippen LogP contribution in [0.2, 0.25) is 0 Å². The van der Waals surface area contributed by atoms with Crippen LogP contribution in [-0.2, 0) is 22.6 Å². The summed E-state index contributed by atoms with van der Waals surface area (Å²) in [6, 6.07) is -0.00137. The van der Waals surface area contributed by atoms with E-state index in [2.05, 4.69) is 5.32 Å². The molecule has 7 nitrogen and oxygen atoms in total. The molecule has 30 heavy (non-hydrogen) atoms. The highest BCUT2D eigenvalue weighted by molar-refractivity contribution is 7.18. The van der Waals surface area contributed by atoms with Crippen LogP contribution >= 0.6 is 11.3 Å². The van der Waals surface area contributed by atoms with Crippen LogP contribution in [0.25, 0.3) is 10.2 Å². The highest BCUT2D eigenvalue weighted by Crippen LogP contribution is 2.42. The molecule has 1 N–H and O–H groups in total. The van der Waals surface area contributed by atoms with Crippen LogP contribution in [0.1, 0.15) is 49.1 Å². The van der Waals surface area contributed by atoms with Crippen LogP contribution in [0, 0.1) is 12.8 Å². The van der Waals surface area contributed by atoms with Crippen molar-refractivity contribution in [2.75, 3.05) is 20.8 Å². The summed E-state index contributed by atoms with van der Waals surface area (Å²) < 4.78 is 27.6. The zero-order valence-electron chi connectivity index (χ0n) is 18.0. The maximum Gasteiger partial charge on any atom is 0.332 e. The highest BCUT2D eigenvalue weighted by atomic mass is 32.1. The largest absolute Gasteiger partial charge is 0.355 e. The van der Waals surface area contributed by atoms with E-state index in [4.69, 9.17) is 9.47 Å². The fourth-order valence-corrected chi connectivity index (χ4v) is 5.76. The minimum Gasteiger partial charge on any atom is -0.355 e. The van der Waals surface area contributed by atoms with Gasteiger partial charge in [-0.05, 0) is 51.0 Å². The van der Waals surface area contributed by atoms with Gasteiger partial charge in [0.25, 0.3) is 5.56 Å². The van der Waals surface area contributed by atoms with Gasteiger partial charge in [-0.25, -0.2) is 9.18 Å². The average Bonchev–Trinajstić information content (AvgIpc) is 3.44. The number of hydrogen-bond acceptors (Lipinski definition) is 6. The molecule has 166 valence electrons. The fraction of sp³-hybridized carbons (Fsp3) is 0.714. The Morgan fingerprint density at radius 3 is 2.50 bits per heavy atom. The van der Waals surface area contributed by atoms with Crippen LogP contribution < -0.4 is 16.6 Å². The number of thiophene rings is 1. The van der Waals surface area contributed by atoms with Gasteiger partial charge in [-0.15, -0.1) is 11.3 Å². The second-order valence-corrected chi connectivity index (χ2v) is 9.93. The number of aromatic nitrogens is 2. The van der Waals surface area contributed by atoms with Gasteiger partial charge in [0.1, 0.15) is 10.5 Å². The van der Waals surface area contributed by atoms with Gasteiger partial charge >= 0.3 is 5.69 Å². The molecule has 2 aromatic rings. The van der Waals surface area contributed by atoms with Gasteiger partial charge in [-0.1, -0.05) is 0 Å². The predicted molar refractivity (Wildman–Crippen MR) is 115 cm³/mol. The summed E-state index contributed by atoms with van der Waals surface area (Å²) in [6.07, 6.45) is 2.29. The maximum atomic E-state index is 14.0. The van der Waals surface area contributed by atoms with E-state index >= 15 is 0 Å². The summed E-state index contributed by atoms with van der Waals surface area (Å²) in [5.41, 5.74) is -0.671. The Hall–Kier alpha value is -1.55. The molecule has 2 aliphatic rings. The number of alkyl halides is 1. The van der Waals surface area contributed by atoms with Gasteiger partial charge in [0, 0.05) is 44.8 Å². The molecule has 9 heteroatoms. The molecular weight excluding hydrogens is 409 g/mol. The van der Waals surface area contributed by atoms with Crippen molar-refractivity contribution >= 4 is 21.6 Å². The van der Waals surface area contributed by atoms with E-state index in [0.717, 1.165) is 23.3 Å². The van der Waals surface area contributed by atoms with Crippen molar-refractivity contribution in [3.8, 4) is 0 Å². The Labute approximate surface area is 178 Å². The van der Waals surface area contributed by atoms with E-state index in [-0.39, 0.29) is 29.5 Å². The Morgan fingerprint density at radius 1 is 1.27 bits per heavy atom. The van der Waals surface area contributed by atoms with Crippen molar-refractivity contribution < 1.29 is 13.9 Å². The monoisotopic (exact) mass is 439 g/mol. The molecule has 2 heterocycles. The third-order valence-electron chi connectivity index (χ3n) is 6.25. The first-order chi connectivity index (χ1) is 14.3. The molecule has 0 spiro atoms. The number of nitrogens with zero attached hydrogens (tertiary/aromatic N) is 2. The van der Waals surface area contributed by atoms with Crippen LogP contribution in [0.4, 0.5) is 4.39 Å². The zero-order valence-corrected chi connectivity index (χ0v) is 18.8. The van der Waals surface area contributed by atoms with Gasteiger partial charge in [-0.2, -0.15) is 0 Å². The number of halogens is 1. The lowest BCUT2D eigenvalue weighted by molar-refractivity contribution is -0.0988. The van der Waals surface area contributed by atoms with Crippen molar-refractivity contribution in [1.29, 1.82) is 0 Å². The van der Waals surface area contributed by atoms with E-state index in [1.54, 1.807) is 25.7 Å². The highest BCUT2D eigenvalue weighted by Gasteiger charge is 2.41. The third kappa shape index (κ3) is 4.00. The number of fused-ring (bicyclic) bond motifs is 1. The number of nitrogens with one attached hydrogen (secondary N) is 1. The normalized spacial score (nSPS) is 24.0. The summed E-state index contributed by atoms with van der Waals surface area (Å²) in [6.45, 7) is 5.08. The fourth-order valence-electron chi connectivity index (χ4n) is 4.49. The number of rotatable bonds is 9. The quantitative estimate of drug-likeness (QED) is 0.608. The second kappa shape index (κ2) is 8.18. The third-order valence-corrected chi connectivity index (χ3v) is 7.56. The maximum absolute atomic E-state index is 14.0. The molecule has 2 saturated carbocycles. The molecule has 0 radical (unpaired) electrons. The Bertz CT molecular complexity index is 1040. The van der Waals surface area contributed by atoms with E-state index in [1.807, 2.05) is 6.92 Å². The summed E-state index contributed by atoms with van der Waals surface area (Å²) in [5, 5.41) is 3.92. The minimum atomic E-state index is -1.14. The van der Waals surface area contributed by atoms with Crippen molar-refractivity contribution in [1.82, 2.24) is 14.5 Å². The van der Waals surface area contributed by atoms with E-state index in [9.17, 15) is 14.0 Å². The Morgan fingerprint density at radius 2 is 1.93 bits per heavy atom. The van der Waals surface area contributed by atoms with Gasteiger partial charge in [-0.3, -0.25) is 13.9 Å². The molecule has 0 aromatic carbocycles. The lowest BCUT2D eigenvalue weighted by atomic mass is 9.73. The molecule has 0 bridgehead atoms. The topological polar surface area (TPSA) is 74.5 Å². The molecule has 2 aromatic heterocycles. The van der Waals surface area contributed by atoms with Gasteiger partial charge in [0.05, 0.1) is 5.39 Å². The van der Waals surface area contributed by atoms with Crippen molar-refractivity contribution in [2.24, 2.45) is 5.92 Å². The van der Waals surface area contributed by atoms with Gasteiger partial charge < -0.3 is 14.8 Å². The first-order valence-electron chi connectivity index (χ1n) is 10.5. The second-order valence-electron chi connectivity index (χ2n) is 8.85. The van der Waals surface area contributed by atoms with Crippen LogP contribution in [0.15, 0.2) is 9.59 Å². The Kier molecular flexibility index (Phi) is 5.91. The standard InChI is InChI=1S/C21H30FN3O4S/c1-12-15(9-23-10-16(28-3)29-4)30-19-17(12)18(26)25(14-5-6-14)20(27)24(19)11-13-7-21(2,22)8-13/h13-14,16,23H,5-11H2,1-4H3. The first kappa shape index (κ1) is 21.7. The summed E-state index contributed by atoms with van der Waals surface area (Å²) in [5.74, 6) is 0.124. The summed E-state index contributed by atoms with van der Waals surface area (Å²) >= 11 is 1.47. The van der Waals surface area contributed by atoms with Crippen LogP contribution in [0.5, 0.6) is 0 Å². The first-order valence-corrected chi connectivity index (χ1v) is 11.3. The van der Waals surface area contributed by atoms with Crippen molar-refractivity contribution in [2.45, 2.75) is 70.6 Å². The molecule has 0 aliphatic heterocycles. The lowest BCUT2D eigenvalue weighted by Crippen LogP contribution is -2.44.